The number of likely N-dealkylation sites (N-methyl/N-ethyl adjacent to an activating group) is 1. The molecule has 0 heterocycles. The van der Waals surface area contributed by atoms with Crippen LogP contribution in [0.4, 0.5) is 0 Å². The molecule has 0 saturated heterocycles. The molecular weight excluding hydrogens is 218 g/mol. The minimum atomic E-state index is -0.795. The zero-order valence-electron chi connectivity index (χ0n) is 10.7. The molecule has 0 aliphatic heterocycles. The Kier molecular flexibility index (Phi) is 4.93. The molecule has 98 valence electrons. The standard InChI is InChI=1S/C12H23N3O2/c1-8-3-5-9(6-4-8)15(2)12(17)10(13)7-11(14)16/h8-10H,3-7,13H2,1-2H3,(H2,14,16). The number of carbonyl (C=O) groups is 2. The number of nitrogens with two attached hydrogens (primary N) is 2. The molecule has 5 heteroatoms. The van der Waals surface area contributed by atoms with Gasteiger partial charge in [0, 0.05) is 13.1 Å². The summed E-state index contributed by atoms with van der Waals surface area (Å²) in [5.41, 5.74) is 10.7. The summed E-state index contributed by atoms with van der Waals surface area (Å²) in [4.78, 5) is 24.4. The number of amides is 2. The largest absolute Gasteiger partial charge is 0.370 e. The Morgan fingerprint density at radius 2 is 1.82 bits per heavy atom. The van der Waals surface area contributed by atoms with E-state index in [9.17, 15) is 9.59 Å². The molecule has 0 aromatic heterocycles. The summed E-state index contributed by atoms with van der Waals surface area (Å²) in [6.45, 7) is 2.23. The van der Waals surface area contributed by atoms with Gasteiger partial charge in [-0.15, -0.1) is 0 Å². The molecule has 1 atom stereocenters. The van der Waals surface area contributed by atoms with E-state index < -0.39 is 11.9 Å². The van der Waals surface area contributed by atoms with Gasteiger partial charge in [0.15, 0.2) is 0 Å². The predicted octanol–water partition coefficient (Wildman–Crippen LogP) is 0.226. The molecule has 17 heavy (non-hydrogen) atoms. The molecule has 5 nitrogen and oxygen atoms in total. The fraction of sp³-hybridized carbons (Fsp3) is 0.833. The predicted molar refractivity (Wildman–Crippen MR) is 66.0 cm³/mol. The highest BCUT2D eigenvalue weighted by molar-refractivity contribution is 5.87. The second-order valence-electron chi connectivity index (χ2n) is 5.14. The van der Waals surface area contributed by atoms with Crippen LogP contribution in [0.2, 0.25) is 0 Å². The molecule has 1 fully saturated rings. The van der Waals surface area contributed by atoms with Gasteiger partial charge >= 0.3 is 0 Å². The number of carbonyl (C=O) groups excluding carboxylic acids is 2. The number of rotatable bonds is 4. The van der Waals surface area contributed by atoms with Gasteiger partial charge in [-0.2, -0.15) is 0 Å². The first kappa shape index (κ1) is 14.0. The van der Waals surface area contributed by atoms with Gasteiger partial charge in [-0.05, 0) is 31.6 Å². The van der Waals surface area contributed by atoms with Crippen LogP contribution in [0.1, 0.15) is 39.0 Å². The molecule has 1 saturated carbocycles. The number of primary amides is 1. The zero-order valence-corrected chi connectivity index (χ0v) is 10.7. The third-order valence-electron chi connectivity index (χ3n) is 3.62. The van der Waals surface area contributed by atoms with Crippen molar-refractivity contribution < 1.29 is 9.59 Å². The minimum Gasteiger partial charge on any atom is -0.370 e. The number of hydrogen-bond acceptors (Lipinski definition) is 3. The Balaban J connectivity index is 2.48. The van der Waals surface area contributed by atoms with Crippen LogP contribution in [0, 0.1) is 5.92 Å². The van der Waals surface area contributed by atoms with Gasteiger partial charge in [0.05, 0.1) is 12.5 Å². The quantitative estimate of drug-likeness (QED) is 0.738. The van der Waals surface area contributed by atoms with E-state index in [0.717, 1.165) is 31.6 Å². The summed E-state index contributed by atoms with van der Waals surface area (Å²) in [7, 11) is 1.77. The third-order valence-corrected chi connectivity index (χ3v) is 3.62. The normalized spacial score (nSPS) is 26.3. The van der Waals surface area contributed by atoms with Crippen LogP contribution in [0.15, 0.2) is 0 Å². The second kappa shape index (κ2) is 6.00. The number of nitrogens with zero attached hydrogens (tertiary/aromatic N) is 1. The van der Waals surface area contributed by atoms with Crippen molar-refractivity contribution in [2.24, 2.45) is 17.4 Å². The van der Waals surface area contributed by atoms with E-state index in [2.05, 4.69) is 6.92 Å². The van der Waals surface area contributed by atoms with Gasteiger partial charge in [0.1, 0.15) is 0 Å². The topological polar surface area (TPSA) is 89.4 Å². The van der Waals surface area contributed by atoms with Crippen LogP contribution < -0.4 is 11.5 Å². The molecule has 0 radical (unpaired) electrons. The maximum Gasteiger partial charge on any atom is 0.240 e. The lowest BCUT2D eigenvalue weighted by Crippen LogP contribution is -2.48. The highest BCUT2D eigenvalue weighted by Gasteiger charge is 2.28. The van der Waals surface area contributed by atoms with Crippen LogP contribution in [0.3, 0.4) is 0 Å². The van der Waals surface area contributed by atoms with Crippen molar-refractivity contribution in [2.75, 3.05) is 7.05 Å². The SMILES string of the molecule is CC1CCC(N(C)C(=O)C(N)CC(N)=O)CC1. The Morgan fingerprint density at radius 3 is 2.29 bits per heavy atom. The third kappa shape index (κ3) is 4.00. The summed E-state index contributed by atoms with van der Waals surface area (Å²) < 4.78 is 0. The lowest BCUT2D eigenvalue weighted by atomic mass is 9.86. The van der Waals surface area contributed by atoms with Crippen molar-refractivity contribution in [3.05, 3.63) is 0 Å². The molecule has 0 bridgehead atoms. The Labute approximate surface area is 103 Å². The number of hydrogen-bond donors (Lipinski definition) is 2. The molecule has 1 unspecified atom stereocenters. The summed E-state index contributed by atoms with van der Waals surface area (Å²) in [6, 6.07) is -0.533. The Bertz CT molecular complexity index is 285. The van der Waals surface area contributed by atoms with Crippen molar-refractivity contribution >= 4 is 11.8 Å². The summed E-state index contributed by atoms with van der Waals surface area (Å²) in [5.74, 6) is 0.0360. The molecule has 2 amide bonds. The van der Waals surface area contributed by atoms with E-state index in [-0.39, 0.29) is 18.4 Å². The molecule has 1 rings (SSSR count). The van der Waals surface area contributed by atoms with Gasteiger partial charge in [0.2, 0.25) is 11.8 Å². The molecule has 4 N–H and O–H groups in total. The van der Waals surface area contributed by atoms with Crippen LogP contribution in [0.25, 0.3) is 0 Å². The molecular formula is C12H23N3O2. The van der Waals surface area contributed by atoms with Gasteiger partial charge in [-0.3, -0.25) is 9.59 Å². The highest BCUT2D eigenvalue weighted by Crippen LogP contribution is 2.26. The highest BCUT2D eigenvalue weighted by atomic mass is 16.2. The smallest absolute Gasteiger partial charge is 0.240 e. The summed E-state index contributed by atoms with van der Waals surface area (Å²) >= 11 is 0. The first-order chi connectivity index (χ1) is 7.91. The average molecular weight is 241 g/mol. The van der Waals surface area contributed by atoms with E-state index in [1.807, 2.05) is 0 Å². The molecule has 0 spiro atoms. The first-order valence-electron chi connectivity index (χ1n) is 6.22. The van der Waals surface area contributed by atoms with E-state index in [0.29, 0.717) is 0 Å². The van der Waals surface area contributed by atoms with Crippen LogP contribution >= 0.6 is 0 Å². The lowest BCUT2D eigenvalue weighted by molar-refractivity contribution is -0.136. The van der Waals surface area contributed by atoms with Crippen molar-refractivity contribution in [3.63, 3.8) is 0 Å². The van der Waals surface area contributed by atoms with Crippen molar-refractivity contribution in [2.45, 2.75) is 51.1 Å². The van der Waals surface area contributed by atoms with Gasteiger partial charge in [-0.25, -0.2) is 0 Å². The van der Waals surface area contributed by atoms with Crippen LogP contribution in [0.5, 0.6) is 0 Å². The van der Waals surface area contributed by atoms with Gasteiger partial charge in [0.25, 0.3) is 0 Å². The summed E-state index contributed by atoms with van der Waals surface area (Å²) in [6.07, 6.45) is 4.26. The minimum absolute atomic E-state index is 0.0771. The summed E-state index contributed by atoms with van der Waals surface area (Å²) in [5, 5.41) is 0. The lowest BCUT2D eigenvalue weighted by Gasteiger charge is -2.34. The van der Waals surface area contributed by atoms with E-state index in [4.69, 9.17) is 11.5 Å². The average Bonchev–Trinajstić information content (AvgIpc) is 2.27. The van der Waals surface area contributed by atoms with E-state index in [1.165, 1.54) is 0 Å². The van der Waals surface area contributed by atoms with Crippen LogP contribution in [-0.4, -0.2) is 35.8 Å². The van der Waals surface area contributed by atoms with Gasteiger partial charge in [-0.1, -0.05) is 6.92 Å². The Hall–Kier alpha value is -1.10. The fourth-order valence-corrected chi connectivity index (χ4v) is 2.38. The Morgan fingerprint density at radius 1 is 1.29 bits per heavy atom. The van der Waals surface area contributed by atoms with Crippen molar-refractivity contribution in [1.29, 1.82) is 0 Å². The monoisotopic (exact) mass is 241 g/mol. The molecule has 1 aliphatic rings. The maximum absolute atomic E-state index is 12.0. The zero-order chi connectivity index (χ0) is 13.0. The maximum atomic E-state index is 12.0. The van der Waals surface area contributed by atoms with Crippen molar-refractivity contribution in [3.8, 4) is 0 Å². The van der Waals surface area contributed by atoms with Gasteiger partial charge < -0.3 is 16.4 Å². The van der Waals surface area contributed by atoms with Crippen LogP contribution in [-0.2, 0) is 9.59 Å². The van der Waals surface area contributed by atoms with E-state index in [1.54, 1.807) is 11.9 Å². The molecule has 0 aromatic carbocycles. The van der Waals surface area contributed by atoms with Crippen molar-refractivity contribution in [1.82, 2.24) is 4.90 Å². The molecule has 1 aliphatic carbocycles. The van der Waals surface area contributed by atoms with E-state index >= 15 is 0 Å². The second-order valence-corrected chi connectivity index (χ2v) is 5.14. The fourth-order valence-electron chi connectivity index (χ4n) is 2.38. The molecule has 0 aromatic rings. The first-order valence-corrected chi connectivity index (χ1v) is 6.22.